The van der Waals surface area contributed by atoms with Crippen molar-refractivity contribution in [2.45, 2.75) is 62.0 Å². The van der Waals surface area contributed by atoms with Crippen molar-refractivity contribution in [3.05, 3.63) is 58.3 Å². The minimum absolute atomic E-state index is 0.0684. The second-order valence-electron chi connectivity index (χ2n) is 11.0. The number of halogens is 2. The van der Waals surface area contributed by atoms with Crippen molar-refractivity contribution >= 4 is 49.6 Å². The largest absolute Gasteiger partial charge is 0.497 e. The molecule has 3 aromatic rings. The maximum Gasteiger partial charge on any atom is 0.269 e. The number of nitrogens with zero attached hydrogens (tertiary/aromatic N) is 3. The van der Waals surface area contributed by atoms with Gasteiger partial charge in [0.2, 0.25) is 0 Å². The fourth-order valence-electron chi connectivity index (χ4n) is 5.59. The molecule has 1 aromatic heterocycles. The number of aromatic nitrogens is 1. The van der Waals surface area contributed by atoms with E-state index in [4.69, 9.17) is 21.1 Å². The van der Waals surface area contributed by atoms with Crippen LogP contribution in [0, 0.1) is 11.7 Å². The maximum absolute atomic E-state index is 15.8. The highest BCUT2D eigenvalue weighted by Crippen LogP contribution is 2.37. The van der Waals surface area contributed by atoms with Crippen molar-refractivity contribution in [2.75, 3.05) is 37.4 Å². The van der Waals surface area contributed by atoms with Gasteiger partial charge in [0.05, 0.1) is 38.0 Å². The molecule has 0 spiro atoms. The Labute approximate surface area is 261 Å². The number of hydrogen-bond donors (Lipinski definition) is 1. The Balaban J connectivity index is 1.41. The summed E-state index contributed by atoms with van der Waals surface area (Å²) in [5.41, 5.74) is 0.856. The van der Waals surface area contributed by atoms with Gasteiger partial charge in [0.25, 0.3) is 10.0 Å². The van der Waals surface area contributed by atoms with Gasteiger partial charge in [-0.25, -0.2) is 22.1 Å². The van der Waals surface area contributed by atoms with Crippen LogP contribution in [0.1, 0.15) is 44.1 Å². The third kappa shape index (κ3) is 7.08. The van der Waals surface area contributed by atoms with E-state index in [1.165, 1.54) is 20.4 Å². The van der Waals surface area contributed by atoms with Gasteiger partial charge >= 0.3 is 0 Å². The first-order chi connectivity index (χ1) is 20.6. The van der Waals surface area contributed by atoms with Crippen molar-refractivity contribution in [1.29, 1.82) is 0 Å². The molecular formula is C30H36ClFN4O5S2. The van der Waals surface area contributed by atoms with E-state index >= 15 is 4.39 Å². The zero-order valence-electron chi connectivity index (χ0n) is 24.4. The molecular weight excluding hydrogens is 615 g/mol. The van der Waals surface area contributed by atoms with Gasteiger partial charge in [-0.1, -0.05) is 24.4 Å². The van der Waals surface area contributed by atoms with Crippen LogP contribution in [0.25, 0.3) is 0 Å². The molecule has 0 amide bonds. The molecule has 0 bridgehead atoms. The second kappa shape index (κ2) is 13.4. The molecule has 0 aliphatic heterocycles. The molecule has 2 aromatic carbocycles. The van der Waals surface area contributed by atoms with Crippen molar-refractivity contribution < 1.29 is 27.1 Å². The van der Waals surface area contributed by atoms with Crippen LogP contribution < -0.4 is 19.1 Å². The second-order valence-corrected chi connectivity index (χ2v) is 14.1. The summed E-state index contributed by atoms with van der Waals surface area (Å²) in [6.45, 7) is 0.230. The Bertz CT molecular complexity index is 1550. The van der Waals surface area contributed by atoms with Crippen molar-refractivity contribution in [3.8, 4) is 11.5 Å². The number of sulfonamides is 1. The Kier molecular flexibility index (Phi) is 9.79. The van der Waals surface area contributed by atoms with Crippen LogP contribution in [0.4, 0.5) is 15.2 Å². The topological polar surface area (TPSA) is 101 Å². The molecule has 1 heterocycles. The summed E-state index contributed by atoms with van der Waals surface area (Å²) in [5.74, 6) is 0.485. The van der Waals surface area contributed by atoms with Gasteiger partial charge in [-0.3, -0.25) is 9.69 Å². The minimum Gasteiger partial charge on any atom is -0.497 e. The van der Waals surface area contributed by atoms with Crippen molar-refractivity contribution in [3.63, 3.8) is 0 Å². The molecule has 0 unspecified atom stereocenters. The molecule has 43 heavy (non-hydrogen) atoms. The maximum atomic E-state index is 15.8. The number of carbonyl (C=O) groups is 1. The van der Waals surface area contributed by atoms with E-state index in [2.05, 4.69) is 15.2 Å². The summed E-state index contributed by atoms with van der Waals surface area (Å²) in [4.78, 5) is 18.2. The van der Waals surface area contributed by atoms with Crippen LogP contribution >= 0.6 is 22.9 Å². The van der Waals surface area contributed by atoms with Crippen molar-refractivity contribution in [1.82, 2.24) is 9.88 Å². The standard InChI is InChI=1S/C30H36ClFN4O5S2/c1-35(18-27(37)19-8-9-19)26-7-5-4-6-24(26)34-25-16-23(32)29(15-22(25)31)43(38,39)36(30-33-12-13-42-30)17-20-10-11-21(40-2)14-28(20)41-3/h10-16,19,24,26,34H,4-9,17-18H2,1-3H3/t24-,26-/m0/s1. The molecule has 13 heteroatoms. The average Bonchev–Trinajstić information content (AvgIpc) is 3.72. The monoisotopic (exact) mass is 650 g/mol. The SMILES string of the molecule is COc1ccc(CN(c2nccs2)S(=O)(=O)c2cc(Cl)c(N[C@H]3CCCC[C@@H]3N(C)CC(=O)C3CC3)cc2F)c(OC)c1. The Morgan fingerprint density at radius 1 is 1.14 bits per heavy atom. The summed E-state index contributed by atoms with van der Waals surface area (Å²) >= 11 is 7.75. The molecule has 2 atom stereocenters. The van der Waals surface area contributed by atoms with Gasteiger partial charge in [-0.2, -0.15) is 0 Å². The van der Waals surface area contributed by atoms with Gasteiger partial charge in [-0.15, -0.1) is 11.3 Å². The van der Waals surface area contributed by atoms with Crippen LogP contribution in [0.5, 0.6) is 11.5 Å². The highest BCUT2D eigenvalue weighted by atomic mass is 35.5. The number of nitrogens with one attached hydrogen (secondary N) is 1. The van der Waals surface area contributed by atoms with Gasteiger partial charge in [-0.05, 0) is 57.0 Å². The van der Waals surface area contributed by atoms with E-state index in [0.29, 0.717) is 29.3 Å². The lowest BCUT2D eigenvalue weighted by Crippen LogP contribution is -2.48. The Hall–Kier alpha value is -2.93. The van der Waals surface area contributed by atoms with Crippen molar-refractivity contribution in [2.24, 2.45) is 5.92 Å². The third-order valence-electron chi connectivity index (χ3n) is 8.10. The van der Waals surface area contributed by atoms with Gasteiger partial charge in [0, 0.05) is 41.2 Å². The lowest BCUT2D eigenvalue weighted by Gasteiger charge is -2.39. The number of thiazole rings is 1. The first-order valence-corrected chi connectivity index (χ1v) is 16.9. The predicted molar refractivity (Wildman–Crippen MR) is 166 cm³/mol. The molecule has 232 valence electrons. The lowest BCUT2D eigenvalue weighted by molar-refractivity contribution is -0.121. The number of hydrogen-bond acceptors (Lipinski definition) is 9. The number of benzene rings is 2. The number of carbonyl (C=O) groups excluding carboxylic acids is 1. The first kappa shape index (κ1) is 31.5. The van der Waals surface area contributed by atoms with Crippen LogP contribution in [0.15, 0.2) is 46.8 Å². The first-order valence-electron chi connectivity index (χ1n) is 14.2. The highest BCUT2D eigenvalue weighted by Gasteiger charge is 2.35. The molecule has 0 saturated heterocycles. The number of likely N-dealkylation sites (N-methyl/N-ethyl adjacent to an activating group) is 1. The van der Waals surface area contributed by atoms with Gasteiger partial charge in [0.1, 0.15) is 28.0 Å². The zero-order chi connectivity index (χ0) is 30.7. The lowest BCUT2D eigenvalue weighted by atomic mass is 9.89. The van der Waals surface area contributed by atoms with E-state index in [-0.39, 0.29) is 40.5 Å². The normalized spacial score (nSPS) is 18.8. The van der Waals surface area contributed by atoms with E-state index in [1.54, 1.807) is 23.6 Å². The zero-order valence-corrected chi connectivity index (χ0v) is 26.8. The Morgan fingerprint density at radius 3 is 2.58 bits per heavy atom. The highest BCUT2D eigenvalue weighted by molar-refractivity contribution is 7.93. The van der Waals surface area contributed by atoms with Crippen LogP contribution in [0.2, 0.25) is 5.02 Å². The number of rotatable bonds is 13. The van der Waals surface area contributed by atoms with Crippen LogP contribution in [-0.4, -0.2) is 64.0 Å². The molecule has 1 N–H and O–H groups in total. The van der Waals surface area contributed by atoms with Gasteiger partial charge < -0.3 is 14.8 Å². The van der Waals surface area contributed by atoms with E-state index < -0.39 is 20.7 Å². The summed E-state index contributed by atoms with van der Waals surface area (Å²) in [6, 6.07) is 7.33. The molecule has 2 aliphatic carbocycles. The van der Waals surface area contributed by atoms with E-state index in [1.807, 2.05) is 7.05 Å². The third-order valence-corrected chi connectivity index (χ3v) is 11.1. The molecule has 2 saturated carbocycles. The van der Waals surface area contributed by atoms with Crippen LogP contribution in [-0.2, 0) is 21.4 Å². The van der Waals surface area contributed by atoms with E-state index in [0.717, 1.165) is 66.3 Å². The Morgan fingerprint density at radius 2 is 1.91 bits per heavy atom. The number of Topliss-reactive ketones (excluding diaryl/α,β-unsaturated/α-hetero) is 1. The number of ether oxygens (including phenoxy) is 2. The molecule has 9 nitrogen and oxygen atoms in total. The molecule has 0 radical (unpaired) electrons. The number of ketones is 1. The fourth-order valence-corrected chi connectivity index (χ4v) is 8.22. The molecule has 2 fully saturated rings. The van der Waals surface area contributed by atoms with Gasteiger partial charge in [0.15, 0.2) is 5.13 Å². The summed E-state index contributed by atoms with van der Waals surface area (Å²) < 4.78 is 55.6. The molecule has 2 aliphatic rings. The predicted octanol–water partition coefficient (Wildman–Crippen LogP) is 5.98. The van der Waals surface area contributed by atoms with E-state index in [9.17, 15) is 13.2 Å². The van der Waals surface area contributed by atoms with Crippen LogP contribution in [0.3, 0.4) is 0 Å². The summed E-state index contributed by atoms with van der Waals surface area (Å²) in [7, 11) is 0.508. The number of anilines is 2. The quantitative estimate of drug-likeness (QED) is 0.241. The average molecular weight is 651 g/mol. The smallest absolute Gasteiger partial charge is 0.269 e. The molecule has 5 rings (SSSR count). The summed E-state index contributed by atoms with van der Waals surface area (Å²) in [6.07, 6.45) is 7.17. The minimum atomic E-state index is -4.44. The summed E-state index contributed by atoms with van der Waals surface area (Å²) in [5, 5.41) is 5.27. The fraction of sp³-hybridized carbons (Fsp3) is 0.467. The number of methoxy groups -OCH3 is 2.